The van der Waals surface area contributed by atoms with E-state index in [2.05, 4.69) is 5.32 Å². The van der Waals surface area contributed by atoms with Gasteiger partial charge in [0.05, 0.1) is 25.4 Å². The van der Waals surface area contributed by atoms with Gasteiger partial charge in [0, 0.05) is 29.5 Å². The molecule has 4 atom stereocenters. The van der Waals surface area contributed by atoms with Gasteiger partial charge in [0.1, 0.15) is 11.9 Å². The molecular formula is C27H31ClFNO5. The monoisotopic (exact) mass is 503 g/mol. The first-order chi connectivity index (χ1) is 16.7. The Morgan fingerprint density at radius 2 is 1.91 bits per heavy atom. The Hall–Kier alpha value is -2.03. The molecule has 8 heteroatoms. The first-order valence-electron chi connectivity index (χ1n) is 12.1. The Kier molecular flexibility index (Phi) is 6.90. The zero-order valence-corrected chi connectivity index (χ0v) is 20.7. The fourth-order valence-electron chi connectivity index (χ4n) is 4.91. The maximum Gasteiger partial charge on any atom is 0.252 e. The number of benzene rings is 2. The molecule has 0 aromatic heterocycles. The van der Waals surface area contributed by atoms with E-state index in [1.807, 2.05) is 38.1 Å². The van der Waals surface area contributed by atoms with E-state index in [-0.39, 0.29) is 36.9 Å². The molecule has 2 aromatic carbocycles. The molecule has 2 aliphatic carbocycles. The van der Waals surface area contributed by atoms with Crippen LogP contribution in [0.4, 0.5) is 4.39 Å². The van der Waals surface area contributed by atoms with Crippen LogP contribution in [0.15, 0.2) is 48.5 Å². The Morgan fingerprint density at radius 1 is 1.11 bits per heavy atom. The van der Waals surface area contributed by atoms with Crippen molar-refractivity contribution >= 4 is 17.5 Å². The van der Waals surface area contributed by atoms with E-state index >= 15 is 0 Å². The molecule has 2 saturated carbocycles. The average molecular weight is 504 g/mol. The first kappa shape index (κ1) is 24.7. The molecule has 0 radical (unpaired) electrons. The Morgan fingerprint density at radius 3 is 2.66 bits per heavy atom. The van der Waals surface area contributed by atoms with Crippen molar-refractivity contribution in [3.63, 3.8) is 0 Å². The van der Waals surface area contributed by atoms with Crippen LogP contribution in [-0.2, 0) is 37.0 Å². The largest absolute Gasteiger partial charge is 0.371 e. The van der Waals surface area contributed by atoms with Gasteiger partial charge in [0.2, 0.25) is 0 Å². The second-order valence-electron chi connectivity index (χ2n) is 10.1. The number of rotatable bonds is 8. The van der Waals surface area contributed by atoms with E-state index in [0.717, 1.165) is 18.4 Å². The normalized spacial score (nSPS) is 29.5. The van der Waals surface area contributed by atoms with Gasteiger partial charge in [0.15, 0.2) is 11.4 Å². The van der Waals surface area contributed by atoms with Crippen LogP contribution in [-0.4, -0.2) is 41.6 Å². The SMILES string of the molecule is CC1(C)O[C@@H]2C[C@@](OCc3ccccc3F)(C(=O)NC3CC3)CC(OCc3cccc(Cl)c3)[C@@H]2O1. The van der Waals surface area contributed by atoms with Crippen LogP contribution in [0, 0.1) is 5.82 Å². The molecule has 35 heavy (non-hydrogen) atoms. The Labute approximate surface area is 210 Å². The van der Waals surface area contributed by atoms with E-state index in [1.54, 1.807) is 18.2 Å². The molecule has 1 saturated heterocycles. The Bertz CT molecular complexity index is 1080. The molecule has 188 valence electrons. The number of carbonyl (C=O) groups excluding carboxylic acids is 1. The quantitative estimate of drug-likeness (QED) is 0.554. The number of halogens is 2. The summed E-state index contributed by atoms with van der Waals surface area (Å²) in [4.78, 5) is 13.6. The summed E-state index contributed by atoms with van der Waals surface area (Å²) in [6, 6.07) is 14.0. The van der Waals surface area contributed by atoms with E-state index in [1.165, 1.54) is 6.07 Å². The molecule has 1 N–H and O–H groups in total. The minimum atomic E-state index is -1.24. The molecule has 1 aliphatic heterocycles. The predicted octanol–water partition coefficient (Wildman–Crippen LogP) is 4.91. The molecule has 3 aliphatic rings. The number of carbonyl (C=O) groups is 1. The number of hydrogen-bond acceptors (Lipinski definition) is 5. The zero-order valence-electron chi connectivity index (χ0n) is 20.0. The molecule has 1 amide bonds. The standard InChI is InChI=1S/C27H31ClFNO5/c1-26(2)34-23-14-27(25(31)30-20-10-11-20,33-16-18-7-3-4-9-21(18)29)13-22(24(23)35-26)32-15-17-6-5-8-19(28)12-17/h3-9,12,20,22-24H,10-11,13-16H2,1-2H3,(H,30,31)/t22?,23-,24+,27-/m1/s1. The highest BCUT2D eigenvalue weighted by molar-refractivity contribution is 6.30. The summed E-state index contributed by atoms with van der Waals surface area (Å²) in [7, 11) is 0. The summed E-state index contributed by atoms with van der Waals surface area (Å²) < 4.78 is 39.4. The highest BCUT2D eigenvalue weighted by Crippen LogP contribution is 2.44. The van der Waals surface area contributed by atoms with Crippen LogP contribution in [0.3, 0.4) is 0 Å². The summed E-state index contributed by atoms with van der Waals surface area (Å²) in [5.74, 6) is -1.39. The number of hydrogen-bond donors (Lipinski definition) is 1. The molecule has 1 unspecified atom stereocenters. The van der Waals surface area contributed by atoms with Gasteiger partial charge in [-0.15, -0.1) is 0 Å². The van der Waals surface area contributed by atoms with Gasteiger partial charge in [-0.2, -0.15) is 0 Å². The predicted molar refractivity (Wildman–Crippen MR) is 128 cm³/mol. The molecule has 3 fully saturated rings. The summed E-state index contributed by atoms with van der Waals surface area (Å²) in [6.45, 7) is 3.97. The van der Waals surface area contributed by atoms with Crippen molar-refractivity contribution in [2.75, 3.05) is 0 Å². The summed E-state index contributed by atoms with van der Waals surface area (Å²) in [6.07, 6.45) is 1.22. The summed E-state index contributed by atoms with van der Waals surface area (Å²) >= 11 is 6.14. The van der Waals surface area contributed by atoms with Crippen molar-refractivity contribution in [3.05, 3.63) is 70.5 Å². The van der Waals surface area contributed by atoms with Crippen molar-refractivity contribution in [2.24, 2.45) is 0 Å². The average Bonchev–Trinajstić information content (AvgIpc) is 3.56. The molecular weight excluding hydrogens is 473 g/mol. The third-order valence-electron chi connectivity index (χ3n) is 6.79. The molecule has 6 nitrogen and oxygen atoms in total. The van der Waals surface area contributed by atoms with Crippen molar-refractivity contribution in [1.82, 2.24) is 5.32 Å². The number of fused-ring (bicyclic) bond motifs is 1. The maximum absolute atomic E-state index is 14.4. The lowest BCUT2D eigenvalue weighted by Crippen LogP contribution is -2.60. The topological polar surface area (TPSA) is 66.0 Å². The third-order valence-corrected chi connectivity index (χ3v) is 7.03. The lowest BCUT2D eigenvalue weighted by molar-refractivity contribution is -0.183. The van der Waals surface area contributed by atoms with Gasteiger partial charge in [-0.3, -0.25) is 4.79 Å². The molecule has 0 spiro atoms. The van der Waals surface area contributed by atoms with E-state index < -0.39 is 23.6 Å². The number of ether oxygens (including phenoxy) is 4. The van der Waals surface area contributed by atoms with E-state index in [0.29, 0.717) is 23.6 Å². The number of nitrogens with one attached hydrogen (secondary N) is 1. The van der Waals surface area contributed by atoms with Gasteiger partial charge in [0.25, 0.3) is 5.91 Å². The number of amides is 1. The van der Waals surface area contributed by atoms with Gasteiger partial charge in [-0.25, -0.2) is 4.39 Å². The molecule has 2 aromatic rings. The molecule has 5 rings (SSSR count). The van der Waals surface area contributed by atoms with Crippen LogP contribution in [0.1, 0.15) is 50.7 Å². The second kappa shape index (κ2) is 9.79. The fraction of sp³-hybridized carbons (Fsp3) is 0.519. The minimum Gasteiger partial charge on any atom is -0.371 e. The lowest BCUT2D eigenvalue weighted by atomic mass is 9.78. The second-order valence-corrected chi connectivity index (χ2v) is 10.6. The van der Waals surface area contributed by atoms with Crippen LogP contribution < -0.4 is 5.32 Å². The maximum atomic E-state index is 14.4. The van der Waals surface area contributed by atoms with Crippen molar-refractivity contribution in [3.8, 4) is 0 Å². The van der Waals surface area contributed by atoms with E-state index in [4.69, 9.17) is 30.5 Å². The first-order valence-corrected chi connectivity index (χ1v) is 12.5. The minimum absolute atomic E-state index is 0.0343. The van der Waals surface area contributed by atoms with Crippen molar-refractivity contribution in [2.45, 2.75) is 88.5 Å². The smallest absolute Gasteiger partial charge is 0.252 e. The van der Waals surface area contributed by atoms with E-state index in [9.17, 15) is 9.18 Å². The van der Waals surface area contributed by atoms with Crippen LogP contribution in [0.25, 0.3) is 0 Å². The van der Waals surface area contributed by atoms with Crippen molar-refractivity contribution < 1.29 is 28.1 Å². The lowest BCUT2D eigenvalue weighted by Gasteiger charge is -2.43. The van der Waals surface area contributed by atoms with Gasteiger partial charge >= 0.3 is 0 Å². The van der Waals surface area contributed by atoms with Gasteiger partial charge in [-0.05, 0) is 50.5 Å². The molecule has 0 bridgehead atoms. The Balaban J connectivity index is 1.41. The summed E-state index contributed by atoms with van der Waals surface area (Å²) in [5, 5.41) is 3.72. The van der Waals surface area contributed by atoms with Crippen molar-refractivity contribution in [1.29, 1.82) is 0 Å². The van der Waals surface area contributed by atoms with Crippen LogP contribution in [0.2, 0.25) is 5.02 Å². The van der Waals surface area contributed by atoms with Gasteiger partial charge in [-0.1, -0.05) is 41.9 Å². The highest BCUT2D eigenvalue weighted by Gasteiger charge is 2.58. The fourth-order valence-corrected chi connectivity index (χ4v) is 5.13. The van der Waals surface area contributed by atoms with Gasteiger partial charge < -0.3 is 24.3 Å². The van der Waals surface area contributed by atoms with Crippen LogP contribution in [0.5, 0.6) is 0 Å². The highest BCUT2D eigenvalue weighted by atomic mass is 35.5. The van der Waals surface area contributed by atoms with Crippen LogP contribution >= 0.6 is 11.6 Å². The molecule has 1 heterocycles. The zero-order chi connectivity index (χ0) is 24.6. The third kappa shape index (κ3) is 5.70. The summed E-state index contributed by atoms with van der Waals surface area (Å²) in [5.41, 5.74) is 0.0705.